The summed E-state index contributed by atoms with van der Waals surface area (Å²) < 4.78 is 2.48. The maximum atomic E-state index is 2.55. The molecule has 0 aliphatic heterocycles. The van der Waals surface area contributed by atoms with Gasteiger partial charge in [-0.1, -0.05) is 288 Å². The lowest BCUT2D eigenvalue weighted by Gasteiger charge is -2.30. The molecule has 0 radical (unpaired) electrons. The normalized spacial score (nSPS) is 13.0. The van der Waals surface area contributed by atoms with E-state index in [-0.39, 0.29) is 32.5 Å². The smallest absolute Gasteiger partial charge is 0.0541 e. The van der Waals surface area contributed by atoms with Crippen molar-refractivity contribution in [2.24, 2.45) is 0 Å². The molecule has 2 nitrogen and oxygen atoms in total. The minimum Gasteiger partial charge on any atom is -0.310 e. The fourth-order valence-corrected chi connectivity index (χ4v) is 13.5. The van der Waals surface area contributed by atoms with Crippen LogP contribution >= 0.6 is 0 Å². The molecule has 12 aromatic carbocycles. The molecule has 1 aromatic heterocycles. The second kappa shape index (κ2) is 21.5. The summed E-state index contributed by atoms with van der Waals surface area (Å²) in [6.07, 6.45) is 0. The van der Waals surface area contributed by atoms with Crippen LogP contribution in [0.2, 0.25) is 0 Å². The third kappa shape index (κ3) is 11.1. The van der Waals surface area contributed by atoms with Crippen molar-refractivity contribution in [3.05, 3.63) is 252 Å². The summed E-state index contributed by atoms with van der Waals surface area (Å²) in [5.41, 5.74) is 24.6. The van der Waals surface area contributed by atoms with Gasteiger partial charge >= 0.3 is 0 Å². The van der Waals surface area contributed by atoms with Crippen LogP contribution in [-0.2, 0) is 32.5 Å². The van der Waals surface area contributed by atoms with Crippen LogP contribution in [-0.4, -0.2) is 4.57 Å². The van der Waals surface area contributed by atoms with Crippen LogP contribution in [0.4, 0.5) is 17.1 Å². The fraction of sp³-hybridized carbons (Fsp3) is 0.273. The van der Waals surface area contributed by atoms with E-state index >= 15 is 0 Å². The molecule has 0 spiro atoms. The van der Waals surface area contributed by atoms with E-state index < -0.39 is 0 Å². The number of hydrogen-bond acceptors (Lipinski definition) is 1. The van der Waals surface area contributed by atoms with Gasteiger partial charge in [0.25, 0.3) is 0 Å². The third-order valence-electron chi connectivity index (χ3n) is 19.2. The van der Waals surface area contributed by atoms with Crippen molar-refractivity contribution in [3.63, 3.8) is 0 Å². The number of para-hydroxylation sites is 2. The Morgan fingerprint density at radius 3 is 1.03 bits per heavy atom. The number of aromatic nitrogens is 1. The lowest BCUT2D eigenvalue weighted by atomic mass is 9.78. The van der Waals surface area contributed by atoms with Gasteiger partial charge in [0.05, 0.1) is 22.4 Å². The van der Waals surface area contributed by atoms with Crippen LogP contribution < -0.4 is 4.90 Å². The van der Waals surface area contributed by atoms with Crippen molar-refractivity contribution in [1.29, 1.82) is 0 Å². The van der Waals surface area contributed by atoms with E-state index in [1.54, 1.807) is 0 Å². The maximum Gasteiger partial charge on any atom is 0.0541 e. The number of fused-ring (bicyclic) bond motifs is 3. The fourth-order valence-electron chi connectivity index (χ4n) is 13.5. The second-order valence-electron chi connectivity index (χ2n) is 32.1. The summed E-state index contributed by atoms with van der Waals surface area (Å²) in [5, 5.41) is 9.99. The standard InChI is InChI=1S/C88H90N2/c1-83(2,3)65-44-60(43-61(45-65)63-48-68(86(10,11)12)53-69(49-63)87(13,14)15)57-31-37-71(38-32-57)89(72-51-64(50-70(54-72)88(16,17)18)56-29-27-55(28-30-56)62-46-66(84(4,5)6)52-67(47-62)85(7,8)9)79-41-35-58-34-40-76-80(42-36-59-33-39-75(79)81(58)82(59)76)90-77-25-21-19-23-73(77)74-24-20-22-26-78(74)90/h19-54H,1-18H3. The van der Waals surface area contributed by atoms with E-state index in [4.69, 9.17) is 0 Å². The summed E-state index contributed by atoms with van der Waals surface area (Å²) in [7, 11) is 0. The maximum absolute atomic E-state index is 2.55. The van der Waals surface area contributed by atoms with E-state index in [1.165, 1.54) is 138 Å². The lowest BCUT2D eigenvalue weighted by Crippen LogP contribution is -2.16. The van der Waals surface area contributed by atoms with Gasteiger partial charge < -0.3 is 9.47 Å². The van der Waals surface area contributed by atoms with Gasteiger partial charge in [-0.15, -0.1) is 0 Å². The summed E-state index contributed by atoms with van der Waals surface area (Å²) in [5.74, 6) is 0. The molecule has 90 heavy (non-hydrogen) atoms. The Balaban J connectivity index is 1.01. The van der Waals surface area contributed by atoms with Crippen LogP contribution in [0.15, 0.2) is 218 Å². The first-order chi connectivity index (χ1) is 42.4. The predicted molar refractivity (Wildman–Crippen MR) is 393 cm³/mol. The number of rotatable bonds is 8. The molecule has 13 aromatic rings. The molecule has 0 unspecified atom stereocenters. The Bertz CT molecular complexity index is 4780. The Morgan fingerprint density at radius 1 is 0.244 bits per heavy atom. The van der Waals surface area contributed by atoms with Crippen molar-refractivity contribution in [2.45, 2.75) is 157 Å². The Kier molecular flexibility index (Phi) is 14.4. The van der Waals surface area contributed by atoms with Gasteiger partial charge in [0.2, 0.25) is 0 Å². The number of anilines is 3. The van der Waals surface area contributed by atoms with Gasteiger partial charge in [0, 0.05) is 32.9 Å². The number of nitrogens with zero attached hydrogens (tertiary/aromatic N) is 2. The molecule has 0 aliphatic rings. The van der Waals surface area contributed by atoms with Crippen molar-refractivity contribution in [1.82, 2.24) is 4.57 Å². The average molecular weight is 1180 g/mol. The molecule has 0 atom stereocenters. The van der Waals surface area contributed by atoms with Crippen LogP contribution in [0, 0.1) is 0 Å². The highest BCUT2D eigenvalue weighted by atomic mass is 15.1. The molecule has 0 fully saturated rings. The Morgan fingerprint density at radius 2 is 0.578 bits per heavy atom. The molecular weight excluding hydrogens is 1080 g/mol. The molecule has 0 saturated carbocycles. The van der Waals surface area contributed by atoms with Crippen molar-refractivity contribution < 1.29 is 0 Å². The summed E-state index contributed by atoms with van der Waals surface area (Å²) in [6, 6.07) is 84.5. The molecular formula is C88H90N2. The monoisotopic (exact) mass is 1170 g/mol. The molecule has 2 heteroatoms. The van der Waals surface area contributed by atoms with E-state index in [1.807, 2.05) is 0 Å². The minimum atomic E-state index is -0.154. The van der Waals surface area contributed by atoms with Crippen molar-refractivity contribution in [2.75, 3.05) is 4.90 Å². The first kappa shape index (κ1) is 60.2. The van der Waals surface area contributed by atoms with E-state index in [2.05, 4.69) is 352 Å². The topological polar surface area (TPSA) is 8.17 Å². The van der Waals surface area contributed by atoms with Crippen LogP contribution in [0.25, 0.3) is 104 Å². The van der Waals surface area contributed by atoms with Crippen molar-refractivity contribution >= 4 is 71.2 Å². The zero-order valence-electron chi connectivity index (χ0n) is 56.7. The molecule has 0 aliphatic carbocycles. The van der Waals surface area contributed by atoms with Crippen LogP contribution in [0.5, 0.6) is 0 Å². The van der Waals surface area contributed by atoms with Gasteiger partial charge in [-0.25, -0.2) is 0 Å². The van der Waals surface area contributed by atoms with Gasteiger partial charge in [-0.3, -0.25) is 0 Å². The zero-order chi connectivity index (χ0) is 63.8. The van der Waals surface area contributed by atoms with Gasteiger partial charge in [0.15, 0.2) is 0 Å². The molecule has 13 rings (SSSR count). The van der Waals surface area contributed by atoms with Crippen LogP contribution in [0.3, 0.4) is 0 Å². The first-order valence-corrected chi connectivity index (χ1v) is 32.7. The average Bonchev–Trinajstić information content (AvgIpc) is 1.21. The van der Waals surface area contributed by atoms with Gasteiger partial charge in [-0.05, 0) is 187 Å². The first-order valence-electron chi connectivity index (χ1n) is 32.7. The molecule has 1 heterocycles. The summed E-state index contributed by atoms with van der Waals surface area (Å²) in [6.45, 7) is 42.0. The minimum absolute atomic E-state index is 0.000953. The Hall–Kier alpha value is -8.72. The van der Waals surface area contributed by atoms with Crippen LogP contribution in [0.1, 0.15) is 158 Å². The van der Waals surface area contributed by atoms with Gasteiger partial charge in [0.1, 0.15) is 0 Å². The highest BCUT2D eigenvalue weighted by Gasteiger charge is 2.28. The second-order valence-corrected chi connectivity index (χ2v) is 32.1. The quantitative estimate of drug-likeness (QED) is 0.138. The number of benzene rings is 12. The van der Waals surface area contributed by atoms with E-state index in [0.717, 1.165) is 17.1 Å². The largest absolute Gasteiger partial charge is 0.310 e. The lowest BCUT2D eigenvalue weighted by molar-refractivity contribution is 0.568. The molecule has 0 N–H and O–H groups in total. The molecule has 0 saturated heterocycles. The third-order valence-corrected chi connectivity index (χ3v) is 19.2. The zero-order valence-corrected chi connectivity index (χ0v) is 56.7. The van der Waals surface area contributed by atoms with Crippen molar-refractivity contribution in [3.8, 4) is 50.2 Å². The summed E-state index contributed by atoms with van der Waals surface area (Å²) >= 11 is 0. The highest BCUT2D eigenvalue weighted by Crippen LogP contribution is 2.49. The van der Waals surface area contributed by atoms with Gasteiger partial charge in [-0.2, -0.15) is 0 Å². The molecule has 0 bridgehead atoms. The highest BCUT2D eigenvalue weighted by molar-refractivity contribution is 6.27. The summed E-state index contributed by atoms with van der Waals surface area (Å²) in [4.78, 5) is 2.55. The molecule has 452 valence electrons. The number of hydrogen-bond donors (Lipinski definition) is 0. The Labute approximate surface area is 536 Å². The SMILES string of the molecule is CC(C)(C)c1cc(-c2ccc(N(c3cc(-c4ccc(-c5cc(C(C)(C)C)cc(C(C)(C)C)c5)cc4)cc(C(C)(C)C)c3)c3ccc4ccc5c(-n6c7ccccc7c7ccccc76)ccc6ccc3c4c65)cc2)cc(-c2cc(C(C)(C)C)cc(C(C)(C)C)c2)c1. The molecule has 0 amide bonds. The predicted octanol–water partition coefficient (Wildman–Crippen LogP) is 25.6. The van der Waals surface area contributed by atoms with E-state index in [9.17, 15) is 0 Å². The van der Waals surface area contributed by atoms with E-state index in [0.29, 0.717) is 0 Å².